The van der Waals surface area contributed by atoms with E-state index in [1.165, 1.54) is 0 Å². The Labute approximate surface area is 103 Å². The highest BCUT2D eigenvalue weighted by Crippen LogP contribution is 1.82. The number of aryl methyl sites for hydroxylation is 1. The lowest BCUT2D eigenvalue weighted by Crippen LogP contribution is -2.29. The highest BCUT2D eigenvalue weighted by molar-refractivity contribution is 6.28. The fraction of sp³-hybridized carbons (Fsp3) is 0.375. The third-order valence-electron chi connectivity index (χ3n) is 1.45. The van der Waals surface area contributed by atoms with Crippen molar-refractivity contribution in [3.8, 4) is 0 Å². The second-order valence-corrected chi connectivity index (χ2v) is 2.56. The Kier molecular flexibility index (Phi) is 30.0. The van der Waals surface area contributed by atoms with Crippen molar-refractivity contribution >= 4 is 7.32 Å². The van der Waals surface area contributed by atoms with Gasteiger partial charge in [0.1, 0.15) is 18.9 Å². The van der Waals surface area contributed by atoms with E-state index >= 15 is 0 Å². The molecule has 0 saturated heterocycles. The van der Waals surface area contributed by atoms with E-state index in [9.17, 15) is 0 Å². The fourth-order valence-electron chi connectivity index (χ4n) is 0.883. The van der Waals surface area contributed by atoms with E-state index in [1.54, 1.807) is 0 Å². The Morgan fingerprint density at radius 2 is 1.78 bits per heavy atom. The lowest BCUT2D eigenvalue weighted by molar-refractivity contribution is -0.686. The maximum Gasteiger partial charge on any atom is 0.339 e. The number of halogens is 4. The van der Waals surface area contributed by atoms with Crippen molar-refractivity contribution in [3.63, 3.8) is 0 Å². The van der Waals surface area contributed by atoms with Crippen molar-refractivity contribution in [3.05, 3.63) is 31.4 Å². The van der Waals surface area contributed by atoms with Crippen LogP contribution < -0.4 is 9.59 Å². The highest BCUT2D eigenvalue weighted by atomic mass is 19.0. The summed E-state index contributed by atoms with van der Waals surface area (Å²) in [6.07, 6.45) is 8.07. The number of imidazole rings is 1. The van der Waals surface area contributed by atoms with Gasteiger partial charge >= 0.3 is 7.32 Å². The molecule has 0 aliphatic heterocycles. The van der Waals surface area contributed by atoms with Gasteiger partial charge in [0, 0.05) is 0 Å². The number of aromatic nitrogens is 2. The lowest BCUT2D eigenvalue weighted by Gasteiger charge is -1.92. The summed E-state index contributed by atoms with van der Waals surface area (Å²) in [5, 5.41) is 22.8. The maximum atomic E-state index is 8.64. The minimum absolute atomic E-state index is 0. The summed E-state index contributed by atoms with van der Waals surface area (Å²) >= 11 is 0. The van der Waals surface area contributed by atoms with E-state index in [2.05, 4.69) is 35.2 Å². The molecular weight excluding hydrogens is 259 g/mol. The van der Waals surface area contributed by atoms with Gasteiger partial charge in [-0.25, -0.2) is 9.13 Å². The standard InChI is InChI=1S/C8H13N2.BH2O3.4FH/c1-3-5-10-7-6-9(4-2)8-10;2-1(3)4;;;;/h3,6-8H,1,4-5H2,2H3;2-3H;4*1H/q+1;-1;;;;. The van der Waals surface area contributed by atoms with Crippen molar-refractivity contribution in [1.82, 2.24) is 4.57 Å². The first-order valence-electron chi connectivity index (χ1n) is 4.27. The lowest BCUT2D eigenvalue weighted by atomic mass is 10.3. The van der Waals surface area contributed by atoms with Crippen molar-refractivity contribution in [2.75, 3.05) is 0 Å². The molecule has 0 radical (unpaired) electrons. The van der Waals surface area contributed by atoms with Crippen molar-refractivity contribution in [1.29, 1.82) is 0 Å². The fourth-order valence-corrected chi connectivity index (χ4v) is 0.883. The van der Waals surface area contributed by atoms with Gasteiger partial charge in [-0.3, -0.25) is 18.8 Å². The number of hydrogen-bond donors (Lipinski definition) is 2. The minimum atomic E-state index is -2.42. The molecule has 0 aliphatic rings. The molecule has 1 aromatic rings. The molecule has 1 heterocycles. The minimum Gasteiger partial charge on any atom is -0.832 e. The van der Waals surface area contributed by atoms with Gasteiger partial charge in [0.25, 0.3) is 0 Å². The zero-order valence-corrected chi connectivity index (χ0v) is 9.84. The molecule has 0 bridgehead atoms. The van der Waals surface area contributed by atoms with E-state index in [0.29, 0.717) is 0 Å². The van der Waals surface area contributed by atoms with Crippen LogP contribution in [0, 0.1) is 0 Å². The molecule has 0 spiro atoms. The maximum absolute atomic E-state index is 8.64. The molecule has 5 nitrogen and oxygen atoms in total. The van der Waals surface area contributed by atoms with E-state index in [4.69, 9.17) is 15.1 Å². The summed E-state index contributed by atoms with van der Waals surface area (Å²) in [4.78, 5) is 0. The van der Waals surface area contributed by atoms with Crippen molar-refractivity contribution < 1.29 is 38.5 Å². The molecule has 0 aromatic carbocycles. The smallest absolute Gasteiger partial charge is 0.339 e. The van der Waals surface area contributed by atoms with Gasteiger partial charge < -0.3 is 15.1 Å². The van der Waals surface area contributed by atoms with Crippen LogP contribution in [0.5, 0.6) is 0 Å². The van der Waals surface area contributed by atoms with Crippen LogP contribution >= 0.6 is 0 Å². The molecule has 10 heteroatoms. The van der Waals surface area contributed by atoms with Crippen LogP contribution in [-0.4, -0.2) is 21.9 Å². The van der Waals surface area contributed by atoms with Crippen LogP contribution in [0.4, 0.5) is 18.8 Å². The average Bonchev–Trinajstić information content (AvgIpc) is 2.52. The van der Waals surface area contributed by atoms with Gasteiger partial charge in [-0.15, -0.1) is 0 Å². The van der Waals surface area contributed by atoms with E-state index < -0.39 is 7.32 Å². The van der Waals surface area contributed by atoms with Crippen molar-refractivity contribution in [2.45, 2.75) is 20.0 Å². The van der Waals surface area contributed by atoms with Crippen LogP contribution in [0.15, 0.2) is 31.4 Å². The summed E-state index contributed by atoms with van der Waals surface area (Å²) in [7, 11) is -2.42. The van der Waals surface area contributed by atoms with Gasteiger partial charge in [0.2, 0.25) is 6.33 Å². The highest BCUT2D eigenvalue weighted by Gasteiger charge is 1.96. The zero-order valence-electron chi connectivity index (χ0n) is 9.84. The normalized spacial score (nSPS) is 6.89. The molecule has 0 amide bonds. The Hall–Kier alpha value is -1.39. The number of nitrogens with zero attached hydrogens (tertiary/aromatic N) is 2. The molecule has 0 unspecified atom stereocenters. The van der Waals surface area contributed by atoms with Crippen molar-refractivity contribution in [2.24, 2.45) is 0 Å². The van der Waals surface area contributed by atoms with Crippen LogP contribution in [0.3, 0.4) is 0 Å². The van der Waals surface area contributed by atoms with E-state index in [0.717, 1.165) is 13.1 Å². The molecule has 0 saturated carbocycles. The van der Waals surface area contributed by atoms with Gasteiger partial charge in [-0.2, -0.15) is 0 Å². The first-order chi connectivity index (χ1) is 6.60. The Morgan fingerprint density at radius 1 is 1.33 bits per heavy atom. The van der Waals surface area contributed by atoms with Crippen LogP contribution in [0.25, 0.3) is 0 Å². The molecule has 1 rings (SSSR count). The third kappa shape index (κ3) is 17.0. The largest absolute Gasteiger partial charge is 0.832 e. The quantitative estimate of drug-likeness (QED) is 0.319. The summed E-state index contributed by atoms with van der Waals surface area (Å²) in [6.45, 7) is 7.71. The predicted molar refractivity (Wildman–Crippen MR) is 60.7 cm³/mol. The molecule has 110 valence electrons. The van der Waals surface area contributed by atoms with Gasteiger partial charge in [-0.05, 0) is 6.92 Å². The molecular formula is C8H19BF4N2O3. The number of allylic oxidation sites excluding steroid dienone is 1. The van der Waals surface area contributed by atoms with Crippen LogP contribution in [-0.2, 0) is 13.1 Å². The van der Waals surface area contributed by atoms with Gasteiger partial charge in [0.15, 0.2) is 0 Å². The molecule has 0 fully saturated rings. The number of rotatable bonds is 3. The Bertz CT molecular complexity index is 274. The second-order valence-electron chi connectivity index (χ2n) is 2.56. The molecule has 0 atom stereocenters. The van der Waals surface area contributed by atoms with Crippen LogP contribution in [0.1, 0.15) is 6.92 Å². The predicted octanol–water partition coefficient (Wildman–Crippen LogP) is -1.09. The molecule has 1 aromatic heterocycles. The zero-order chi connectivity index (χ0) is 11.0. The third-order valence-corrected chi connectivity index (χ3v) is 1.45. The number of hydrogen-bond acceptors (Lipinski definition) is 3. The van der Waals surface area contributed by atoms with E-state index in [-0.39, 0.29) is 18.8 Å². The Balaban J connectivity index is -0.0000000635. The summed E-state index contributed by atoms with van der Waals surface area (Å²) < 4.78 is 4.22. The van der Waals surface area contributed by atoms with Gasteiger partial charge in [0.05, 0.1) is 6.54 Å². The summed E-state index contributed by atoms with van der Waals surface area (Å²) in [5.41, 5.74) is 0. The molecule has 18 heavy (non-hydrogen) atoms. The molecule has 0 aliphatic carbocycles. The summed E-state index contributed by atoms with van der Waals surface area (Å²) in [6, 6.07) is 0. The SMILES string of the molecule is C=CC[n+]1ccn(CC)c1.F.F.F.F.[O-]B(O)O. The monoisotopic (exact) mass is 278 g/mol. The average molecular weight is 278 g/mol. The van der Waals surface area contributed by atoms with Crippen LogP contribution in [0.2, 0.25) is 0 Å². The first-order valence-corrected chi connectivity index (χ1v) is 4.27. The van der Waals surface area contributed by atoms with Gasteiger partial charge in [-0.1, -0.05) is 12.7 Å². The first kappa shape index (κ1) is 30.0. The second kappa shape index (κ2) is 18.0. The topological polar surface area (TPSA) is 72.3 Å². The summed E-state index contributed by atoms with van der Waals surface area (Å²) in [5.74, 6) is 0. The van der Waals surface area contributed by atoms with E-state index in [1.807, 2.05) is 12.3 Å². The Morgan fingerprint density at radius 3 is 2.06 bits per heavy atom. The molecule has 2 N–H and O–H groups in total.